The van der Waals surface area contributed by atoms with Gasteiger partial charge in [-0.25, -0.2) is 4.79 Å². The van der Waals surface area contributed by atoms with Gasteiger partial charge in [-0.05, 0) is 48.7 Å². The lowest BCUT2D eigenvalue weighted by Crippen LogP contribution is -2.05. The van der Waals surface area contributed by atoms with Crippen LogP contribution in [0.1, 0.15) is 22.3 Å². The molecule has 0 amide bonds. The summed E-state index contributed by atoms with van der Waals surface area (Å²) in [6.07, 6.45) is 1.61. The molecule has 0 bridgehead atoms. The van der Waals surface area contributed by atoms with Crippen molar-refractivity contribution < 1.29 is 15.0 Å². The van der Waals surface area contributed by atoms with Gasteiger partial charge in [0.25, 0.3) is 0 Å². The van der Waals surface area contributed by atoms with Crippen LogP contribution in [0, 0.1) is 0 Å². The van der Waals surface area contributed by atoms with Gasteiger partial charge in [0.15, 0.2) is 0 Å². The second kappa shape index (κ2) is 7.38. The Morgan fingerprint density at radius 1 is 1.14 bits per heavy atom. The molecule has 0 heterocycles. The minimum atomic E-state index is -1.16. The maximum absolute atomic E-state index is 10.9. The Kier molecular flexibility index (Phi) is 5.52. The smallest absolute Gasteiger partial charge is 0.339 e. The van der Waals surface area contributed by atoms with E-state index in [9.17, 15) is 9.90 Å². The summed E-state index contributed by atoms with van der Waals surface area (Å²) < 4.78 is 0. The normalized spacial score (nSPS) is 10.5. The predicted octanol–water partition coefficient (Wildman–Crippen LogP) is 4.44. The summed E-state index contributed by atoms with van der Waals surface area (Å²) >= 11 is 11.9. The van der Waals surface area contributed by atoms with Crippen LogP contribution in [0.2, 0.25) is 10.0 Å². The van der Waals surface area contributed by atoms with Crippen molar-refractivity contribution in [3.8, 4) is 5.75 Å². The third-order valence-electron chi connectivity index (χ3n) is 3.19. The van der Waals surface area contributed by atoms with E-state index in [2.05, 4.69) is 5.32 Å². The number of aromatic carboxylic acids is 1. The molecule has 22 heavy (non-hydrogen) atoms. The topological polar surface area (TPSA) is 69.6 Å². The van der Waals surface area contributed by atoms with E-state index in [1.54, 1.807) is 18.2 Å². The van der Waals surface area contributed by atoms with Crippen LogP contribution in [-0.4, -0.2) is 22.7 Å². The van der Waals surface area contributed by atoms with Crippen LogP contribution in [0.5, 0.6) is 5.75 Å². The molecule has 2 aromatic rings. The maximum Gasteiger partial charge on any atom is 0.339 e. The van der Waals surface area contributed by atoms with Crippen LogP contribution < -0.4 is 5.32 Å². The van der Waals surface area contributed by atoms with Crippen LogP contribution in [-0.2, 0) is 6.42 Å². The molecular formula is C16H15Cl2NO3. The minimum absolute atomic E-state index is 0.120. The van der Waals surface area contributed by atoms with E-state index in [4.69, 9.17) is 28.3 Å². The van der Waals surface area contributed by atoms with Gasteiger partial charge < -0.3 is 15.5 Å². The average Bonchev–Trinajstić information content (AvgIpc) is 2.46. The predicted molar refractivity (Wildman–Crippen MR) is 88.3 cm³/mol. The third-order valence-corrected chi connectivity index (χ3v) is 3.78. The number of carbonyl (C=O) groups is 1. The maximum atomic E-state index is 10.9. The lowest BCUT2D eigenvalue weighted by atomic mass is 10.1. The first-order chi connectivity index (χ1) is 10.5. The molecule has 4 nitrogen and oxygen atoms in total. The van der Waals surface area contributed by atoms with E-state index in [0.29, 0.717) is 22.3 Å². The van der Waals surface area contributed by atoms with Crippen LogP contribution in [0.15, 0.2) is 36.4 Å². The Labute approximate surface area is 138 Å². The van der Waals surface area contributed by atoms with Gasteiger partial charge in [-0.2, -0.15) is 0 Å². The fourth-order valence-corrected chi connectivity index (χ4v) is 2.56. The van der Waals surface area contributed by atoms with Crippen LogP contribution in [0.3, 0.4) is 0 Å². The van der Waals surface area contributed by atoms with Crippen molar-refractivity contribution in [2.24, 2.45) is 0 Å². The van der Waals surface area contributed by atoms with E-state index >= 15 is 0 Å². The molecule has 0 aliphatic heterocycles. The molecule has 0 radical (unpaired) electrons. The first kappa shape index (κ1) is 16.5. The standard InChI is InChI=1S/C16H15Cl2NO3/c17-11-4-3-10(14(18)8-11)2-1-7-19-12-5-6-15(20)13(9-12)16(21)22/h3-6,8-9,19-20H,1-2,7H2,(H,21,22). The largest absolute Gasteiger partial charge is 0.507 e. The zero-order chi connectivity index (χ0) is 16.1. The number of halogens is 2. The summed E-state index contributed by atoms with van der Waals surface area (Å²) in [6.45, 7) is 0.656. The highest BCUT2D eigenvalue weighted by Gasteiger charge is 2.09. The highest BCUT2D eigenvalue weighted by atomic mass is 35.5. The summed E-state index contributed by atoms with van der Waals surface area (Å²) in [5.74, 6) is -1.40. The van der Waals surface area contributed by atoms with Crippen molar-refractivity contribution in [3.05, 3.63) is 57.6 Å². The Balaban J connectivity index is 1.89. The zero-order valence-corrected chi connectivity index (χ0v) is 13.2. The average molecular weight is 340 g/mol. The number of nitrogens with one attached hydrogen (secondary N) is 1. The Bertz CT molecular complexity index is 689. The van der Waals surface area contributed by atoms with Crippen LogP contribution in [0.25, 0.3) is 0 Å². The quantitative estimate of drug-likeness (QED) is 0.537. The number of aryl methyl sites for hydroxylation is 1. The molecule has 0 atom stereocenters. The van der Waals surface area contributed by atoms with Crippen molar-refractivity contribution in [1.82, 2.24) is 0 Å². The van der Waals surface area contributed by atoms with Gasteiger partial charge >= 0.3 is 5.97 Å². The molecule has 0 spiro atoms. The summed E-state index contributed by atoms with van der Waals surface area (Å²) in [5, 5.41) is 22.8. The molecule has 0 aliphatic rings. The molecule has 0 unspecified atom stereocenters. The van der Waals surface area contributed by atoms with Gasteiger partial charge in [-0.1, -0.05) is 29.3 Å². The van der Waals surface area contributed by atoms with Crippen LogP contribution in [0.4, 0.5) is 5.69 Å². The highest BCUT2D eigenvalue weighted by Crippen LogP contribution is 2.23. The van der Waals surface area contributed by atoms with E-state index in [1.807, 2.05) is 6.07 Å². The molecular weight excluding hydrogens is 325 g/mol. The zero-order valence-electron chi connectivity index (χ0n) is 11.6. The number of benzene rings is 2. The molecule has 3 N–H and O–H groups in total. The molecule has 0 fully saturated rings. The third kappa shape index (κ3) is 4.29. The summed E-state index contributed by atoms with van der Waals surface area (Å²) in [7, 11) is 0. The molecule has 0 aliphatic carbocycles. The second-order valence-electron chi connectivity index (χ2n) is 4.80. The van der Waals surface area contributed by atoms with E-state index in [0.717, 1.165) is 18.4 Å². The SMILES string of the molecule is O=C(O)c1cc(NCCCc2ccc(Cl)cc2Cl)ccc1O. The van der Waals surface area contributed by atoms with E-state index in [1.165, 1.54) is 12.1 Å². The number of carboxylic acid groups (broad SMARTS) is 1. The molecule has 0 aromatic heterocycles. The van der Waals surface area contributed by atoms with Gasteiger partial charge in [-0.15, -0.1) is 0 Å². The number of anilines is 1. The summed E-state index contributed by atoms with van der Waals surface area (Å²) in [5.41, 5.74) is 1.55. The first-order valence-electron chi connectivity index (χ1n) is 6.71. The number of rotatable bonds is 6. The summed E-state index contributed by atoms with van der Waals surface area (Å²) in [6, 6.07) is 9.82. The number of carboxylic acids is 1. The Hall–Kier alpha value is -1.91. The molecule has 116 valence electrons. The highest BCUT2D eigenvalue weighted by molar-refractivity contribution is 6.35. The van der Waals surface area contributed by atoms with Gasteiger partial charge in [-0.3, -0.25) is 0 Å². The number of phenols is 1. The summed E-state index contributed by atoms with van der Waals surface area (Å²) in [4.78, 5) is 10.9. The number of hydrogen-bond donors (Lipinski definition) is 3. The monoisotopic (exact) mass is 339 g/mol. The first-order valence-corrected chi connectivity index (χ1v) is 7.47. The molecule has 6 heteroatoms. The van der Waals surface area contributed by atoms with Gasteiger partial charge in [0, 0.05) is 22.3 Å². The Morgan fingerprint density at radius 3 is 2.59 bits per heavy atom. The second-order valence-corrected chi connectivity index (χ2v) is 5.65. The Morgan fingerprint density at radius 2 is 1.91 bits per heavy atom. The van der Waals surface area contributed by atoms with Crippen molar-refractivity contribution in [2.45, 2.75) is 12.8 Å². The van der Waals surface area contributed by atoms with Crippen molar-refractivity contribution in [1.29, 1.82) is 0 Å². The van der Waals surface area contributed by atoms with Gasteiger partial charge in [0.2, 0.25) is 0 Å². The van der Waals surface area contributed by atoms with Gasteiger partial charge in [0.05, 0.1) is 0 Å². The fraction of sp³-hybridized carbons (Fsp3) is 0.188. The molecule has 0 saturated heterocycles. The lowest BCUT2D eigenvalue weighted by molar-refractivity contribution is 0.0694. The number of aromatic hydroxyl groups is 1. The van der Waals surface area contributed by atoms with Crippen molar-refractivity contribution in [3.63, 3.8) is 0 Å². The van der Waals surface area contributed by atoms with E-state index < -0.39 is 5.97 Å². The lowest BCUT2D eigenvalue weighted by Gasteiger charge is -2.09. The molecule has 0 saturated carbocycles. The fourth-order valence-electron chi connectivity index (χ4n) is 2.05. The van der Waals surface area contributed by atoms with E-state index in [-0.39, 0.29) is 11.3 Å². The van der Waals surface area contributed by atoms with Gasteiger partial charge in [0.1, 0.15) is 11.3 Å². The number of hydrogen-bond acceptors (Lipinski definition) is 3. The molecule has 2 aromatic carbocycles. The van der Waals surface area contributed by atoms with Crippen LogP contribution >= 0.6 is 23.2 Å². The minimum Gasteiger partial charge on any atom is -0.507 e. The van der Waals surface area contributed by atoms with Crippen molar-refractivity contribution in [2.75, 3.05) is 11.9 Å². The molecule has 2 rings (SSSR count). The van der Waals surface area contributed by atoms with Crippen molar-refractivity contribution >= 4 is 34.9 Å².